The van der Waals surface area contributed by atoms with Gasteiger partial charge in [0.25, 0.3) is 0 Å². The summed E-state index contributed by atoms with van der Waals surface area (Å²) in [6.07, 6.45) is 1.90. The molecule has 1 fully saturated rings. The first-order valence-electron chi connectivity index (χ1n) is 9.42. The molecular formula is C21H29N3O3. The van der Waals surface area contributed by atoms with Gasteiger partial charge in [0.05, 0.1) is 12.8 Å². The molecule has 6 heteroatoms. The Labute approximate surface area is 160 Å². The third-order valence-corrected chi connectivity index (χ3v) is 5.37. The number of benzene rings is 1. The predicted molar refractivity (Wildman–Crippen MR) is 105 cm³/mol. The van der Waals surface area contributed by atoms with Gasteiger partial charge in [-0.1, -0.05) is 5.16 Å². The van der Waals surface area contributed by atoms with E-state index in [1.165, 1.54) is 5.56 Å². The van der Waals surface area contributed by atoms with Crippen LogP contribution in [0, 0.1) is 13.8 Å². The molecule has 1 aromatic carbocycles. The third-order valence-electron chi connectivity index (χ3n) is 5.37. The summed E-state index contributed by atoms with van der Waals surface area (Å²) in [7, 11) is 1.69. The third kappa shape index (κ3) is 4.50. The fourth-order valence-corrected chi connectivity index (χ4v) is 3.92. The van der Waals surface area contributed by atoms with Crippen molar-refractivity contribution in [3.63, 3.8) is 0 Å². The Kier molecular flexibility index (Phi) is 5.56. The topological polar surface area (TPSA) is 67.6 Å². The van der Waals surface area contributed by atoms with Crippen LogP contribution in [0.25, 0.3) is 11.1 Å². The lowest BCUT2D eigenvalue weighted by atomic mass is 9.89. The van der Waals surface area contributed by atoms with Crippen molar-refractivity contribution in [2.45, 2.75) is 52.6 Å². The van der Waals surface area contributed by atoms with Gasteiger partial charge in [-0.25, -0.2) is 0 Å². The van der Waals surface area contributed by atoms with E-state index in [0.717, 1.165) is 60.8 Å². The maximum Gasteiger partial charge on any atom is 0.217 e. The number of amides is 1. The zero-order valence-electron chi connectivity index (χ0n) is 16.9. The number of rotatable bonds is 5. The van der Waals surface area contributed by atoms with Crippen molar-refractivity contribution in [2.24, 2.45) is 0 Å². The fraction of sp³-hybridized carbons (Fsp3) is 0.524. The number of nitrogens with zero attached hydrogens (tertiary/aromatic N) is 2. The van der Waals surface area contributed by atoms with Crippen molar-refractivity contribution in [1.82, 2.24) is 15.4 Å². The Bertz CT molecular complexity index is 801. The second-order valence-corrected chi connectivity index (χ2v) is 7.79. The first-order valence-corrected chi connectivity index (χ1v) is 9.42. The van der Waals surface area contributed by atoms with E-state index < -0.39 is 0 Å². The Hall–Kier alpha value is -2.34. The summed E-state index contributed by atoms with van der Waals surface area (Å²) < 4.78 is 10.9. The zero-order chi connectivity index (χ0) is 19.6. The Morgan fingerprint density at radius 3 is 2.56 bits per heavy atom. The quantitative estimate of drug-likeness (QED) is 0.872. The van der Waals surface area contributed by atoms with Gasteiger partial charge in [-0.05, 0) is 62.9 Å². The monoisotopic (exact) mass is 371 g/mol. The first kappa shape index (κ1) is 19.4. The van der Waals surface area contributed by atoms with Crippen LogP contribution < -0.4 is 10.1 Å². The average molecular weight is 371 g/mol. The van der Waals surface area contributed by atoms with E-state index >= 15 is 0 Å². The Morgan fingerprint density at radius 2 is 2.00 bits per heavy atom. The van der Waals surface area contributed by atoms with E-state index in [1.54, 1.807) is 14.0 Å². The second kappa shape index (κ2) is 7.72. The van der Waals surface area contributed by atoms with Crippen molar-refractivity contribution in [1.29, 1.82) is 0 Å². The molecule has 1 aliphatic heterocycles. The van der Waals surface area contributed by atoms with Gasteiger partial charge in [0.15, 0.2) is 0 Å². The van der Waals surface area contributed by atoms with Crippen molar-refractivity contribution >= 4 is 5.91 Å². The highest BCUT2D eigenvalue weighted by Crippen LogP contribution is 2.32. The van der Waals surface area contributed by atoms with Crippen LogP contribution in [0.2, 0.25) is 0 Å². The van der Waals surface area contributed by atoms with Crippen LogP contribution in [-0.2, 0) is 11.3 Å². The maximum atomic E-state index is 11.4. The highest BCUT2D eigenvalue weighted by Gasteiger charge is 2.30. The molecule has 1 amide bonds. The zero-order valence-corrected chi connectivity index (χ0v) is 16.9. The predicted octanol–water partition coefficient (Wildman–Crippen LogP) is 3.46. The number of aryl methyl sites for hydroxylation is 2. The van der Waals surface area contributed by atoms with E-state index in [4.69, 9.17) is 9.26 Å². The van der Waals surface area contributed by atoms with Gasteiger partial charge in [0.1, 0.15) is 11.5 Å². The van der Waals surface area contributed by atoms with Gasteiger partial charge < -0.3 is 14.6 Å². The maximum absolute atomic E-state index is 11.4. The molecular weight excluding hydrogens is 342 g/mol. The molecule has 2 heterocycles. The summed E-state index contributed by atoms with van der Waals surface area (Å²) in [5.74, 6) is 1.70. The number of piperidine rings is 1. The smallest absolute Gasteiger partial charge is 0.217 e. The minimum Gasteiger partial charge on any atom is -0.497 e. The molecule has 6 nitrogen and oxygen atoms in total. The summed E-state index contributed by atoms with van der Waals surface area (Å²) >= 11 is 0. The lowest BCUT2D eigenvalue weighted by Crippen LogP contribution is -2.52. The van der Waals surface area contributed by atoms with E-state index in [9.17, 15) is 4.79 Å². The van der Waals surface area contributed by atoms with Crippen molar-refractivity contribution in [3.8, 4) is 16.9 Å². The molecule has 0 bridgehead atoms. The molecule has 0 aliphatic carbocycles. The first-order chi connectivity index (χ1) is 12.8. The number of aromatic nitrogens is 1. The number of carbonyl (C=O) groups is 1. The molecule has 27 heavy (non-hydrogen) atoms. The summed E-state index contributed by atoms with van der Waals surface area (Å²) in [4.78, 5) is 13.8. The average Bonchev–Trinajstić information content (AvgIpc) is 2.94. The second-order valence-electron chi connectivity index (χ2n) is 7.79. The normalized spacial score (nSPS) is 16.9. The molecule has 0 radical (unpaired) electrons. The van der Waals surface area contributed by atoms with Crippen LogP contribution in [-0.4, -0.2) is 41.7 Å². The largest absolute Gasteiger partial charge is 0.497 e. The van der Waals surface area contributed by atoms with Gasteiger partial charge in [0, 0.05) is 37.7 Å². The van der Waals surface area contributed by atoms with Gasteiger partial charge >= 0.3 is 0 Å². The lowest BCUT2D eigenvalue weighted by Gasteiger charge is -2.39. The minimum atomic E-state index is -0.0987. The highest BCUT2D eigenvalue weighted by atomic mass is 16.5. The summed E-state index contributed by atoms with van der Waals surface area (Å²) in [5.41, 5.74) is 4.09. The molecule has 1 aromatic heterocycles. The molecule has 3 rings (SSSR count). The SMILES string of the molecule is COc1cc(CN2CCC(C)(NC(C)=O)CC2)cc(-c2c(C)noc2C)c1. The molecule has 0 saturated carbocycles. The Balaban J connectivity index is 1.76. The number of likely N-dealkylation sites (tertiary alicyclic amines) is 1. The minimum absolute atomic E-state index is 0.0443. The molecule has 1 N–H and O–H groups in total. The van der Waals surface area contributed by atoms with Crippen LogP contribution in [0.3, 0.4) is 0 Å². The summed E-state index contributed by atoms with van der Waals surface area (Å²) in [6.45, 7) is 10.4. The summed E-state index contributed by atoms with van der Waals surface area (Å²) in [6, 6.07) is 6.31. The molecule has 2 aromatic rings. The fourth-order valence-electron chi connectivity index (χ4n) is 3.92. The van der Waals surface area contributed by atoms with Crippen LogP contribution in [0.4, 0.5) is 0 Å². The number of hydrogen-bond donors (Lipinski definition) is 1. The summed E-state index contributed by atoms with van der Waals surface area (Å²) in [5, 5.41) is 7.17. The van der Waals surface area contributed by atoms with Crippen LogP contribution in [0.5, 0.6) is 5.75 Å². The molecule has 0 atom stereocenters. The van der Waals surface area contributed by atoms with Crippen LogP contribution in [0.1, 0.15) is 43.7 Å². The molecule has 1 saturated heterocycles. The number of hydrogen-bond acceptors (Lipinski definition) is 5. The number of methoxy groups -OCH3 is 1. The van der Waals surface area contributed by atoms with E-state index in [1.807, 2.05) is 19.9 Å². The van der Waals surface area contributed by atoms with Gasteiger partial charge in [-0.15, -0.1) is 0 Å². The van der Waals surface area contributed by atoms with Crippen LogP contribution >= 0.6 is 0 Å². The van der Waals surface area contributed by atoms with E-state index in [2.05, 4.69) is 34.4 Å². The highest BCUT2D eigenvalue weighted by molar-refractivity contribution is 5.73. The molecule has 1 aliphatic rings. The molecule has 0 spiro atoms. The Morgan fingerprint density at radius 1 is 1.30 bits per heavy atom. The van der Waals surface area contributed by atoms with Gasteiger partial charge in [0.2, 0.25) is 5.91 Å². The van der Waals surface area contributed by atoms with Gasteiger partial charge in [-0.2, -0.15) is 0 Å². The van der Waals surface area contributed by atoms with Gasteiger partial charge in [-0.3, -0.25) is 9.69 Å². The molecule has 0 unspecified atom stereocenters. The standard InChI is InChI=1S/C21H29N3O3/c1-14-20(15(2)27-23-14)18-10-17(11-19(12-18)26-5)13-24-8-6-21(4,7-9-24)22-16(3)25/h10-12H,6-9,13H2,1-5H3,(H,22,25). The van der Waals surface area contributed by atoms with E-state index in [-0.39, 0.29) is 11.4 Å². The van der Waals surface area contributed by atoms with Crippen molar-refractivity contribution in [2.75, 3.05) is 20.2 Å². The van der Waals surface area contributed by atoms with Crippen molar-refractivity contribution in [3.05, 3.63) is 35.2 Å². The van der Waals surface area contributed by atoms with Crippen LogP contribution in [0.15, 0.2) is 22.7 Å². The molecule has 146 valence electrons. The number of nitrogens with one attached hydrogen (secondary N) is 1. The van der Waals surface area contributed by atoms with Crippen molar-refractivity contribution < 1.29 is 14.1 Å². The lowest BCUT2D eigenvalue weighted by molar-refractivity contribution is -0.121. The van der Waals surface area contributed by atoms with E-state index in [0.29, 0.717) is 0 Å². The number of ether oxygens (including phenoxy) is 1. The number of carbonyl (C=O) groups excluding carboxylic acids is 1.